The highest BCUT2D eigenvalue weighted by Crippen LogP contribution is 2.17. The van der Waals surface area contributed by atoms with Crippen molar-refractivity contribution in [3.63, 3.8) is 0 Å². The molecule has 0 spiro atoms. The molecule has 0 atom stereocenters. The molecule has 1 aromatic heterocycles. The van der Waals surface area contributed by atoms with Crippen LogP contribution >= 0.6 is 0 Å². The number of amides is 1. The summed E-state index contributed by atoms with van der Waals surface area (Å²) in [6.07, 6.45) is 3.84. The number of aromatic amines is 1. The number of anilines is 1. The van der Waals surface area contributed by atoms with Gasteiger partial charge in [0.2, 0.25) is 5.91 Å². The Morgan fingerprint density at radius 1 is 1.04 bits per heavy atom. The van der Waals surface area contributed by atoms with E-state index in [9.17, 15) is 4.79 Å². The molecule has 3 rings (SSSR count). The van der Waals surface area contributed by atoms with Crippen molar-refractivity contribution >= 4 is 22.5 Å². The van der Waals surface area contributed by atoms with Crippen LogP contribution in [0.5, 0.6) is 0 Å². The first-order valence-electron chi connectivity index (χ1n) is 8.41. The van der Waals surface area contributed by atoms with E-state index in [1.54, 1.807) is 0 Å². The number of aromatic nitrogens is 1. The molecule has 3 N–H and O–H groups in total. The Morgan fingerprint density at radius 3 is 2.71 bits per heavy atom. The number of hydrogen-bond acceptors (Lipinski definition) is 2. The Bertz CT molecular complexity index is 822. The fraction of sp³-hybridized carbons (Fsp3) is 0.250. The van der Waals surface area contributed by atoms with Gasteiger partial charge in [-0.1, -0.05) is 43.3 Å². The summed E-state index contributed by atoms with van der Waals surface area (Å²) in [5, 5.41) is 7.45. The van der Waals surface area contributed by atoms with Crippen LogP contribution in [0, 0.1) is 0 Å². The zero-order valence-corrected chi connectivity index (χ0v) is 13.9. The van der Waals surface area contributed by atoms with Crippen molar-refractivity contribution < 1.29 is 4.79 Å². The van der Waals surface area contributed by atoms with Crippen LogP contribution in [0.2, 0.25) is 0 Å². The van der Waals surface area contributed by atoms with Gasteiger partial charge in [-0.2, -0.15) is 0 Å². The van der Waals surface area contributed by atoms with Gasteiger partial charge in [0.1, 0.15) is 0 Å². The second kappa shape index (κ2) is 7.79. The number of fused-ring (bicyclic) bond motifs is 1. The van der Waals surface area contributed by atoms with E-state index in [0.717, 1.165) is 36.2 Å². The molecule has 0 radical (unpaired) electrons. The van der Waals surface area contributed by atoms with E-state index in [1.807, 2.05) is 42.6 Å². The van der Waals surface area contributed by atoms with Crippen LogP contribution in [-0.2, 0) is 17.6 Å². The lowest BCUT2D eigenvalue weighted by molar-refractivity contribution is -0.115. The fourth-order valence-electron chi connectivity index (χ4n) is 2.91. The van der Waals surface area contributed by atoms with E-state index in [-0.39, 0.29) is 5.91 Å². The van der Waals surface area contributed by atoms with Crippen LogP contribution in [0.15, 0.2) is 54.7 Å². The lowest BCUT2D eigenvalue weighted by Crippen LogP contribution is -2.29. The van der Waals surface area contributed by atoms with Gasteiger partial charge < -0.3 is 15.6 Å². The number of aryl methyl sites for hydroxylation is 1. The molecule has 3 aromatic rings. The predicted molar refractivity (Wildman–Crippen MR) is 99.3 cm³/mol. The summed E-state index contributed by atoms with van der Waals surface area (Å²) in [5.41, 5.74) is 4.49. The summed E-state index contributed by atoms with van der Waals surface area (Å²) in [7, 11) is 0. The Balaban J connectivity index is 1.47. The second-order valence-corrected chi connectivity index (χ2v) is 5.85. The van der Waals surface area contributed by atoms with Crippen molar-refractivity contribution in [1.29, 1.82) is 0 Å². The fourth-order valence-corrected chi connectivity index (χ4v) is 2.91. The predicted octanol–water partition coefficient (Wildman–Crippen LogP) is 3.50. The first kappa shape index (κ1) is 16.3. The quantitative estimate of drug-likeness (QED) is 0.583. The van der Waals surface area contributed by atoms with Crippen LogP contribution in [0.1, 0.15) is 18.1 Å². The van der Waals surface area contributed by atoms with E-state index >= 15 is 0 Å². The molecular formula is C20H23N3O. The Hall–Kier alpha value is -2.59. The topological polar surface area (TPSA) is 56.9 Å². The van der Waals surface area contributed by atoms with Gasteiger partial charge in [0.05, 0.1) is 6.54 Å². The minimum Gasteiger partial charge on any atom is -0.361 e. The lowest BCUT2D eigenvalue weighted by atomic mass is 10.1. The maximum Gasteiger partial charge on any atom is 0.238 e. The molecule has 24 heavy (non-hydrogen) atoms. The van der Waals surface area contributed by atoms with Gasteiger partial charge in [0.25, 0.3) is 0 Å². The molecule has 0 bridgehead atoms. The van der Waals surface area contributed by atoms with E-state index in [1.165, 1.54) is 10.9 Å². The average molecular weight is 321 g/mol. The highest BCUT2D eigenvalue weighted by atomic mass is 16.1. The molecule has 0 saturated carbocycles. The minimum absolute atomic E-state index is 0.00479. The van der Waals surface area contributed by atoms with Crippen molar-refractivity contribution in [1.82, 2.24) is 10.3 Å². The van der Waals surface area contributed by atoms with Crippen LogP contribution in [-0.4, -0.2) is 24.0 Å². The van der Waals surface area contributed by atoms with Gasteiger partial charge in [-0.15, -0.1) is 0 Å². The van der Waals surface area contributed by atoms with Crippen LogP contribution < -0.4 is 10.6 Å². The zero-order valence-electron chi connectivity index (χ0n) is 13.9. The molecule has 4 nitrogen and oxygen atoms in total. The van der Waals surface area contributed by atoms with Gasteiger partial charge >= 0.3 is 0 Å². The number of para-hydroxylation sites is 2. The molecule has 0 aliphatic rings. The SMILES string of the molecule is CCc1ccccc1NC(=O)CNCCc1c[nH]c2ccccc12. The molecule has 0 unspecified atom stereocenters. The van der Waals surface area contributed by atoms with Crippen LogP contribution in [0.3, 0.4) is 0 Å². The third kappa shape index (κ3) is 3.84. The van der Waals surface area contributed by atoms with Crippen LogP contribution in [0.25, 0.3) is 10.9 Å². The van der Waals surface area contributed by atoms with Crippen molar-refractivity contribution in [2.24, 2.45) is 0 Å². The first-order chi connectivity index (χ1) is 11.8. The monoisotopic (exact) mass is 321 g/mol. The largest absolute Gasteiger partial charge is 0.361 e. The number of rotatable bonds is 7. The van der Waals surface area contributed by atoms with E-state index in [4.69, 9.17) is 0 Å². The normalized spacial score (nSPS) is 10.9. The zero-order chi connectivity index (χ0) is 16.8. The molecule has 0 fully saturated rings. The second-order valence-electron chi connectivity index (χ2n) is 5.85. The third-order valence-electron chi connectivity index (χ3n) is 4.20. The Morgan fingerprint density at radius 2 is 1.83 bits per heavy atom. The number of carbonyl (C=O) groups excluding carboxylic acids is 1. The van der Waals surface area contributed by atoms with Gasteiger partial charge in [-0.3, -0.25) is 4.79 Å². The number of benzene rings is 2. The molecule has 2 aromatic carbocycles. The molecular weight excluding hydrogens is 298 g/mol. The number of hydrogen-bond donors (Lipinski definition) is 3. The van der Waals surface area contributed by atoms with Crippen LogP contribution in [0.4, 0.5) is 5.69 Å². The maximum absolute atomic E-state index is 12.1. The van der Waals surface area contributed by atoms with Crippen molar-refractivity contribution in [2.45, 2.75) is 19.8 Å². The first-order valence-corrected chi connectivity index (χ1v) is 8.41. The molecule has 1 heterocycles. The summed E-state index contributed by atoms with van der Waals surface area (Å²) >= 11 is 0. The minimum atomic E-state index is -0.00479. The maximum atomic E-state index is 12.1. The highest BCUT2D eigenvalue weighted by Gasteiger charge is 2.06. The van der Waals surface area contributed by atoms with Crippen molar-refractivity contribution in [3.05, 3.63) is 65.9 Å². The summed E-state index contributed by atoms with van der Waals surface area (Å²) in [5.74, 6) is -0.00479. The van der Waals surface area contributed by atoms with Crippen molar-refractivity contribution in [2.75, 3.05) is 18.4 Å². The number of nitrogens with one attached hydrogen (secondary N) is 3. The van der Waals surface area contributed by atoms with E-state index < -0.39 is 0 Å². The molecule has 1 amide bonds. The third-order valence-corrected chi connectivity index (χ3v) is 4.20. The average Bonchev–Trinajstić information content (AvgIpc) is 3.02. The highest BCUT2D eigenvalue weighted by molar-refractivity contribution is 5.93. The van der Waals surface area contributed by atoms with Gasteiger partial charge in [0.15, 0.2) is 0 Å². The standard InChI is InChI=1S/C20H23N3O/c1-2-15-7-3-5-9-18(15)23-20(24)14-21-12-11-16-13-22-19-10-6-4-8-17(16)19/h3-10,13,21-22H,2,11-12,14H2,1H3,(H,23,24). The summed E-state index contributed by atoms with van der Waals surface area (Å²) in [4.78, 5) is 15.4. The van der Waals surface area contributed by atoms with Gasteiger partial charge in [-0.05, 0) is 42.6 Å². The summed E-state index contributed by atoms with van der Waals surface area (Å²) in [6, 6.07) is 16.2. The molecule has 0 saturated heterocycles. The van der Waals surface area contributed by atoms with Gasteiger partial charge in [0, 0.05) is 22.8 Å². The summed E-state index contributed by atoms with van der Waals surface area (Å²) in [6.45, 7) is 3.18. The Labute approximate surface area is 142 Å². The summed E-state index contributed by atoms with van der Waals surface area (Å²) < 4.78 is 0. The van der Waals surface area contributed by atoms with E-state index in [0.29, 0.717) is 6.54 Å². The molecule has 124 valence electrons. The lowest BCUT2D eigenvalue weighted by Gasteiger charge is -2.10. The van der Waals surface area contributed by atoms with Crippen molar-refractivity contribution in [3.8, 4) is 0 Å². The van der Waals surface area contributed by atoms with Gasteiger partial charge in [-0.25, -0.2) is 0 Å². The number of H-pyrrole nitrogens is 1. The number of carbonyl (C=O) groups is 1. The molecule has 4 heteroatoms. The molecule has 0 aliphatic heterocycles. The smallest absolute Gasteiger partial charge is 0.238 e. The Kier molecular flexibility index (Phi) is 5.29. The molecule has 0 aliphatic carbocycles. The van der Waals surface area contributed by atoms with E-state index in [2.05, 4.69) is 34.7 Å².